The van der Waals surface area contributed by atoms with Crippen LogP contribution in [0.1, 0.15) is 0 Å². The quantitative estimate of drug-likeness (QED) is 0.412. The van der Waals surface area contributed by atoms with Crippen molar-refractivity contribution in [3.63, 3.8) is 0 Å². The van der Waals surface area contributed by atoms with Gasteiger partial charge in [-0.15, -0.1) is 0 Å². The Morgan fingerprint density at radius 3 is 1.00 bits per heavy atom. The van der Waals surface area contributed by atoms with Crippen LogP contribution in [0.5, 0.6) is 0 Å². The van der Waals surface area contributed by atoms with Gasteiger partial charge in [0.05, 0.1) is 8.41 Å². The second kappa shape index (κ2) is 31.1. The molecule has 0 aliphatic rings. The van der Waals surface area contributed by atoms with Crippen molar-refractivity contribution in [1.82, 2.24) is 0 Å². The predicted molar refractivity (Wildman–Crippen MR) is 14.7 cm³/mol. The van der Waals surface area contributed by atoms with Gasteiger partial charge in [-0.25, -0.2) is 0 Å². The maximum Gasteiger partial charge on any atom is 0.0814 e. The normalized spacial score (nSPS) is 0. The first-order chi connectivity index (χ1) is 0. The summed E-state index contributed by atoms with van der Waals surface area (Å²) < 4.78 is 0. The van der Waals surface area contributed by atoms with Crippen molar-refractivity contribution in [2.24, 2.45) is 0 Å². The maximum absolute atomic E-state index is 0. The average Bonchev–Trinajstić information content (AvgIpc) is 0. The third-order valence-corrected chi connectivity index (χ3v) is 0. The summed E-state index contributed by atoms with van der Waals surface area (Å²) in [5.74, 6) is 0. The fraction of sp³-hybridized carbons (Fsp3) is 0. The van der Waals surface area contributed by atoms with E-state index in [1.54, 1.807) is 0 Å². The molecule has 24 valence electrons. The number of rotatable bonds is 0. The summed E-state index contributed by atoms with van der Waals surface area (Å²) in [7, 11) is 0. The third-order valence-electron chi connectivity index (χ3n) is 0. The molecule has 0 rings (SSSR count). The molecule has 4 heavy (non-hydrogen) atoms. The number of hydrogen-bond donors (Lipinski definition) is 0. The first kappa shape index (κ1) is 67.1. The van der Waals surface area contributed by atoms with Crippen molar-refractivity contribution < 1.29 is 45.8 Å². The van der Waals surface area contributed by atoms with E-state index in [-0.39, 0.29) is 54.2 Å². The fourth-order valence-corrected chi connectivity index (χ4v) is 0. The molecule has 0 aromatic carbocycles. The van der Waals surface area contributed by atoms with Gasteiger partial charge in [0.25, 0.3) is 0 Å². The zero-order valence-corrected chi connectivity index (χ0v) is 5.08. The van der Waals surface area contributed by atoms with Crippen LogP contribution < -0.4 is 0 Å². The third kappa shape index (κ3) is 11.0. The number of hydrogen-bond acceptors (Lipinski definition) is 0. The second-order valence-electron chi connectivity index (χ2n) is 0. The van der Waals surface area contributed by atoms with Crippen LogP contribution in [0.15, 0.2) is 0 Å². The Hall–Kier alpha value is 1.15. The number of halogens is 1. The van der Waals surface area contributed by atoms with Crippen LogP contribution in [0.25, 0.3) is 0 Å². The molecule has 0 heterocycles. The minimum absolute atomic E-state index is 0. The Balaban J connectivity index is 0. The second-order valence-corrected chi connectivity index (χ2v) is 0. The largest absolute Gasteiger partial charge is 0.412 e. The predicted octanol–water partition coefficient (Wildman–Crippen LogP) is -1.59. The molecule has 0 aliphatic carbocycles. The van der Waals surface area contributed by atoms with Gasteiger partial charge in [-0.2, -0.15) is 0 Å². The van der Waals surface area contributed by atoms with Crippen molar-refractivity contribution in [1.29, 1.82) is 0 Å². The molecule has 0 bridgehead atoms. The Labute approximate surface area is 54.0 Å². The molecule has 0 unspecified atom stereocenters. The van der Waals surface area contributed by atoms with E-state index >= 15 is 0 Å². The van der Waals surface area contributed by atoms with E-state index in [4.69, 9.17) is 0 Å². The molecule has 0 aromatic rings. The first-order valence-corrected chi connectivity index (χ1v) is 0. The topological polar surface area (TPSA) is 31.5 Å². The van der Waals surface area contributed by atoms with Crippen LogP contribution in [0.2, 0.25) is 0 Å². The summed E-state index contributed by atoms with van der Waals surface area (Å²) in [6, 6.07) is 0. The molecule has 0 fully saturated rings. The van der Waals surface area contributed by atoms with Gasteiger partial charge in [0.15, 0.2) is 0 Å². The summed E-state index contributed by atoms with van der Waals surface area (Å²) in [6.45, 7) is 0. The van der Waals surface area contributed by atoms with Crippen molar-refractivity contribution in [3.05, 3.63) is 0 Å². The van der Waals surface area contributed by atoms with Crippen molar-refractivity contribution in [2.45, 2.75) is 0 Å². The van der Waals surface area contributed by atoms with Crippen LogP contribution in [0, 0.1) is 35.6 Å². The van der Waals surface area contributed by atoms with Gasteiger partial charge >= 0.3 is 0 Å². The molecule has 1 nitrogen and oxygen atoms in total. The smallest absolute Gasteiger partial charge is 0.0814 e. The van der Waals surface area contributed by atoms with Crippen molar-refractivity contribution >= 4 is 8.41 Å². The first-order valence-electron chi connectivity index (χ1n) is 0. The summed E-state index contributed by atoms with van der Waals surface area (Å²) in [6.07, 6.45) is 0. The van der Waals surface area contributed by atoms with Crippen molar-refractivity contribution in [3.8, 4) is 0 Å². The van der Waals surface area contributed by atoms with E-state index in [0.717, 1.165) is 0 Å². The molecular weight excluding hydrogens is 185 g/mol. The zero-order chi connectivity index (χ0) is 0. The summed E-state index contributed by atoms with van der Waals surface area (Å²) >= 11 is 0. The summed E-state index contributed by atoms with van der Waals surface area (Å²) in [4.78, 5) is 0. The zero-order valence-electron chi connectivity index (χ0n) is 1.46. The van der Waals surface area contributed by atoms with Gasteiger partial charge in [-0.05, 0) is 0 Å². The maximum atomic E-state index is 0. The Morgan fingerprint density at radius 2 is 1.00 bits per heavy atom. The molecule has 0 saturated carbocycles. The minimum Gasteiger partial charge on any atom is -0.412 e. The van der Waals surface area contributed by atoms with Gasteiger partial charge in [-0.1, -0.05) is 0 Å². The molecule has 4 heteroatoms. The monoisotopic (exact) mass is 190 g/mol. The molecular formula is H5BFLaO. The van der Waals surface area contributed by atoms with Gasteiger partial charge in [-0.3, -0.25) is 0 Å². The Kier molecular flexibility index (Phi) is 522. The molecule has 0 saturated heterocycles. The van der Waals surface area contributed by atoms with Gasteiger partial charge in [0.1, 0.15) is 0 Å². The summed E-state index contributed by atoms with van der Waals surface area (Å²) in [5.41, 5.74) is 0. The van der Waals surface area contributed by atoms with Crippen LogP contribution in [0.3, 0.4) is 0 Å². The van der Waals surface area contributed by atoms with Gasteiger partial charge in [0.2, 0.25) is 0 Å². The van der Waals surface area contributed by atoms with E-state index in [2.05, 4.69) is 0 Å². The Bertz CT molecular complexity index is 8.00. The van der Waals surface area contributed by atoms with Crippen LogP contribution in [-0.2, 0) is 0 Å². The van der Waals surface area contributed by atoms with E-state index in [0.29, 0.717) is 0 Å². The molecule has 0 amide bonds. The average molecular weight is 190 g/mol. The molecule has 0 atom stereocenters. The molecule has 2 N–H and O–H groups in total. The fourth-order valence-electron chi connectivity index (χ4n) is 0. The molecule has 0 aromatic heterocycles. The molecule has 0 spiro atoms. The van der Waals surface area contributed by atoms with Gasteiger partial charge < -0.3 is 5.48 Å². The van der Waals surface area contributed by atoms with Crippen LogP contribution in [0.4, 0.5) is 4.70 Å². The van der Waals surface area contributed by atoms with Gasteiger partial charge in [0, 0.05) is 40.3 Å². The van der Waals surface area contributed by atoms with E-state index in [9.17, 15) is 0 Å². The Morgan fingerprint density at radius 1 is 1.00 bits per heavy atom. The minimum atomic E-state index is 0. The molecule has 0 aliphatic heterocycles. The van der Waals surface area contributed by atoms with E-state index in [1.807, 2.05) is 0 Å². The van der Waals surface area contributed by atoms with Crippen molar-refractivity contribution in [2.75, 3.05) is 0 Å². The SMILES string of the molecule is B.O.[F].[La]. The van der Waals surface area contributed by atoms with E-state index < -0.39 is 0 Å². The summed E-state index contributed by atoms with van der Waals surface area (Å²) in [5, 5.41) is 0. The van der Waals surface area contributed by atoms with Crippen LogP contribution in [-0.4, -0.2) is 13.9 Å². The van der Waals surface area contributed by atoms with E-state index in [1.165, 1.54) is 0 Å². The standard InChI is InChI=1S/BH3.F.La.H2O/h1H3;;;1H2. The molecule has 2 radical (unpaired) electrons. The van der Waals surface area contributed by atoms with Crippen LogP contribution >= 0.6 is 0 Å².